The number of nitrogens with zero attached hydrogens (tertiary/aromatic N) is 1. The molecule has 6 nitrogen and oxygen atoms in total. The summed E-state index contributed by atoms with van der Waals surface area (Å²) >= 11 is 0. The van der Waals surface area contributed by atoms with Gasteiger partial charge in [-0.1, -0.05) is 29.8 Å². The van der Waals surface area contributed by atoms with Gasteiger partial charge in [0.2, 0.25) is 5.91 Å². The third-order valence-corrected chi connectivity index (χ3v) is 6.42. The number of carbonyl (C=O) groups is 2. The van der Waals surface area contributed by atoms with E-state index in [0.717, 1.165) is 16.7 Å². The number of nitrogens with one attached hydrogen (secondary N) is 1. The van der Waals surface area contributed by atoms with Crippen LogP contribution in [0, 0.1) is 20.8 Å². The quantitative estimate of drug-likeness (QED) is 0.898. The van der Waals surface area contributed by atoms with E-state index >= 15 is 0 Å². The Kier molecular flexibility index (Phi) is 4.36. The molecule has 3 rings (SSSR count). The topological polar surface area (TPSA) is 83.6 Å². The molecule has 1 heterocycles. The van der Waals surface area contributed by atoms with Gasteiger partial charge in [0.15, 0.2) is 0 Å². The van der Waals surface area contributed by atoms with Crippen LogP contribution >= 0.6 is 0 Å². The van der Waals surface area contributed by atoms with Crippen LogP contribution in [-0.4, -0.2) is 30.6 Å². The van der Waals surface area contributed by atoms with Crippen molar-refractivity contribution in [3.63, 3.8) is 0 Å². The molecule has 0 spiro atoms. The van der Waals surface area contributed by atoms with E-state index in [4.69, 9.17) is 0 Å². The molecule has 0 aliphatic carbocycles. The van der Waals surface area contributed by atoms with Crippen molar-refractivity contribution < 1.29 is 18.0 Å². The molecular weight excluding hydrogens is 352 g/mol. The summed E-state index contributed by atoms with van der Waals surface area (Å²) in [6, 6.07) is 8.67. The van der Waals surface area contributed by atoms with Crippen LogP contribution in [0.2, 0.25) is 0 Å². The Morgan fingerprint density at radius 1 is 1.08 bits per heavy atom. The number of anilines is 1. The molecule has 0 aromatic heterocycles. The second-order valence-corrected chi connectivity index (χ2v) is 8.32. The van der Waals surface area contributed by atoms with E-state index in [1.54, 1.807) is 12.1 Å². The average molecular weight is 372 g/mol. The molecule has 1 unspecified atom stereocenters. The van der Waals surface area contributed by atoms with Crippen molar-refractivity contribution in [3.8, 4) is 0 Å². The van der Waals surface area contributed by atoms with Gasteiger partial charge in [-0.2, -0.15) is 0 Å². The van der Waals surface area contributed by atoms with E-state index in [9.17, 15) is 18.0 Å². The van der Waals surface area contributed by atoms with E-state index in [1.807, 2.05) is 32.9 Å². The lowest BCUT2D eigenvalue weighted by atomic mass is 10.0. The van der Waals surface area contributed by atoms with E-state index in [1.165, 1.54) is 19.1 Å². The van der Waals surface area contributed by atoms with Crippen molar-refractivity contribution in [3.05, 3.63) is 58.7 Å². The fourth-order valence-electron chi connectivity index (χ4n) is 3.30. The third kappa shape index (κ3) is 2.78. The fourth-order valence-corrected chi connectivity index (χ4v) is 5.02. The van der Waals surface area contributed by atoms with Gasteiger partial charge in [0.25, 0.3) is 15.9 Å². The molecule has 0 bridgehead atoms. The maximum atomic E-state index is 12.7. The first kappa shape index (κ1) is 18.1. The van der Waals surface area contributed by atoms with Gasteiger partial charge in [-0.3, -0.25) is 9.59 Å². The van der Waals surface area contributed by atoms with E-state index < -0.39 is 27.9 Å². The molecule has 0 radical (unpaired) electrons. The molecule has 7 heteroatoms. The van der Waals surface area contributed by atoms with Crippen molar-refractivity contribution in [1.82, 2.24) is 4.31 Å². The Balaban J connectivity index is 1.92. The Bertz CT molecular complexity index is 1000. The number of sulfonamides is 1. The summed E-state index contributed by atoms with van der Waals surface area (Å²) < 4.78 is 26.1. The molecule has 1 aliphatic rings. The zero-order valence-electron chi connectivity index (χ0n) is 15.0. The average Bonchev–Trinajstić information content (AvgIpc) is 2.77. The smallest absolute Gasteiger partial charge is 0.269 e. The maximum Gasteiger partial charge on any atom is 0.269 e. The van der Waals surface area contributed by atoms with E-state index in [0.29, 0.717) is 9.99 Å². The molecular formula is C19H20N2O4S. The number of fused-ring (bicyclic) bond motifs is 1. The van der Waals surface area contributed by atoms with Crippen LogP contribution in [0.25, 0.3) is 0 Å². The highest BCUT2D eigenvalue weighted by atomic mass is 32.2. The van der Waals surface area contributed by atoms with E-state index in [-0.39, 0.29) is 10.5 Å². The zero-order chi connectivity index (χ0) is 19.2. The molecule has 0 fully saturated rings. The Morgan fingerprint density at radius 2 is 1.65 bits per heavy atom. The number of rotatable bonds is 3. The van der Waals surface area contributed by atoms with Crippen LogP contribution in [0.5, 0.6) is 0 Å². The number of carbonyl (C=O) groups excluding carboxylic acids is 2. The number of aryl methyl sites for hydroxylation is 3. The number of hydrogen-bond acceptors (Lipinski definition) is 4. The first-order valence-corrected chi connectivity index (χ1v) is 9.65. The van der Waals surface area contributed by atoms with Crippen molar-refractivity contribution in [2.24, 2.45) is 0 Å². The van der Waals surface area contributed by atoms with Crippen LogP contribution in [0.15, 0.2) is 41.3 Å². The van der Waals surface area contributed by atoms with Crippen molar-refractivity contribution in [2.45, 2.75) is 38.6 Å². The monoisotopic (exact) mass is 372 g/mol. The van der Waals surface area contributed by atoms with Crippen molar-refractivity contribution in [2.75, 3.05) is 5.32 Å². The molecule has 26 heavy (non-hydrogen) atoms. The second kappa shape index (κ2) is 6.25. The van der Waals surface area contributed by atoms with Crippen molar-refractivity contribution in [1.29, 1.82) is 0 Å². The third-order valence-electron chi connectivity index (χ3n) is 4.51. The number of amides is 2. The van der Waals surface area contributed by atoms with Gasteiger partial charge >= 0.3 is 0 Å². The Hall–Kier alpha value is -2.67. The highest BCUT2D eigenvalue weighted by Crippen LogP contribution is 2.32. The minimum Gasteiger partial charge on any atom is -0.324 e. The molecule has 1 aliphatic heterocycles. The lowest BCUT2D eigenvalue weighted by molar-refractivity contribution is -0.118. The first-order valence-electron chi connectivity index (χ1n) is 8.21. The first-order chi connectivity index (χ1) is 12.1. The van der Waals surface area contributed by atoms with Crippen molar-refractivity contribution >= 4 is 27.5 Å². The normalized spacial score (nSPS) is 16.3. The van der Waals surface area contributed by atoms with Gasteiger partial charge in [-0.15, -0.1) is 0 Å². The number of benzene rings is 2. The summed E-state index contributed by atoms with van der Waals surface area (Å²) in [4.78, 5) is 25.2. The van der Waals surface area contributed by atoms with Gasteiger partial charge in [0.05, 0.1) is 5.56 Å². The SMILES string of the molecule is Cc1cc(C)c(NC(=O)C(C)N2C(=O)c3ccccc3S2(=O)=O)c(C)c1. The van der Waals surface area contributed by atoms with Gasteiger partial charge in [0.1, 0.15) is 10.9 Å². The minimum atomic E-state index is -4.04. The Labute approximate surface area is 152 Å². The van der Waals surface area contributed by atoms with Gasteiger partial charge in [-0.05, 0) is 51.0 Å². The molecule has 136 valence electrons. The lowest BCUT2D eigenvalue weighted by Gasteiger charge is -2.23. The van der Waals surface area contributed by atoms with Gasteiger partial charge in [0, 0.05) is 5.69 Å². The van der Waals surface area contributed by atoms with Crippen LogP contribution in [-0.2, 0) is 14.8 Å². The molecule has 1 N–H and O–H groups in total. The van der Waals surface area contributed by atoms with Crippen LogP contribution in [0.1, 0.15) is 34.0 Å². The van der Waals surface area contributed by atoms with Gasteiger partial charge in [-0.25, -0.2) is 12.7 Å². The molecule has 2 aromatic carbocycles. The fraction of sp³-hybridized carbons (Fsp3) is 0.263. The summed E-state index contributed by atoms with van der Waals surface area (Å²) in [5.41, 5.74) is 3.55. The van der Waals surface area contributed by atoms with Crippen LogP contribution in [0.4, 0.5) is 5.69 Å². The van der Waals surface area contributed by atoms with Crippen LogP contribution in [0.3, 0.4) is 0 Å². The Morgan fingerprint density at radius 3 is 2.23 bits per heavy atom. The summed E-state index contributed by atoms with van der Waals surface area (Å²) in [6.45, 7) is 7.11. The zero-order valence-corrected chi connectivity index (χ0v) is 15.8. The van der Waals surface area contributed by atoms with Crippen LogP contribution < -0.4 is 5.32 Å². The second-order valence-electron chi connectivity index (χ2n) is 6.54. The molecule has 0 saturated heterocycles. The molecule has 2 amide bonds. The van der Waals surface area contributed by atoms with E-state index in [2.05, 4.69) is 5.32 Å². The summed E-state index contributed by atoms with van der Waals surface area (Å²) in [6.07, 6.45) is 0. The summed E-state index contributed by atoms with van der Waals surface area (Å²) in [5.74, 6) is -1.23. The predicted molar refractivity (Wildman–Crippen MR) is 98.5 cm³/mol. The van der Waals surface area contributed by atoms with Gasteiger partial charge < -0.3 is 5.32 Å². The largest absolute Gasteiger partial charge is 0.324 e. The summed E-state index contributed by atoms with van der Waals surface area (Å²) in [5, 5.41) is 2.77. The highest BCUT2D eigenvalue weighted by Gasteiger charge is 2.45. The molecule has 0 saturated carbocycles. The highest BCUT2D eigenvalue weighted by molar-refractivity contribution is 7.90. The number of hydrogen-bond donors (Lipinski definition) is 1. The maximum absolute atomic E-state index is 12.7. The standard InChI is InChI=1S/C19H20N2O4S/c1-11-9-12(2)17(13(3)10-11)20-18(22)14(4)21-19(23)15-7-5-6-8-16(15)26(21,24)25/h5-10,14H,1-4H3,(H,20,22). The lowest BCUT2D eigenvalue weighted by Crippen LogP contribution is -2.45. The molecule has 1 atom stereocenters. The minimum absolute atomic E-state index is 0.0626. The predicted octanol–water partition coefficient (Wildman–Crippen LogP) is 2.78. The summed E-state index contributed by atoms with van der Waals surface area (Å²) in [7, 11) is -4.04. The molecule has 2 aromatic rings.